The first kappa shape index (κ1) is 21.2. The van der Waals surface area contributed by atoms with Gasteiger partial charge < -0.3 is 9.32 Å². The van der Waals surface area contributed by atoms with Crippen LogP contribution in [0.1, 0.15) is 33.7 Å². The molecule has 1 aromatic heterocycles. The van der Waals surface area contributed by atoms with E-state index >= 15 is 0 Å². The zero-order valence-corrected chi connectivity index (χ0v) is 18.0. The van der Waals surface area contributed by atoms with Crippen molar-refractivity contribution in [3.8, 4) is 0 Å². The number of hydrogen-bond acceptors (Lipinski definition) is 5. The molecule has 0 radical (unpaired) electrons. The summed E-state index contributed by atoms with van der Waals surface area (Å²) in [5.41, 5.74) is 2.34. The Labute approximate surface area is 179 Å². The minimum Gasteiger partial charge on any atom is -0.450 e. The van der Waals surface area contributed by atoms with Crippen LogP contribution >= 0.6 is 0 Å². The molecule has 1 fully saturated rings. The van der Waals surface area contributed by atoms with E-state index < -0.39 is 27.6 Å². The van der Waals surface area contributed by atoms with Gasteiger partial charge in [0.15, 0.2) is 21.0 Å². The van der Waals surface area contributed by atoms with Crippen LogP contribution in [0.3, 0.4) is 0 Å². The lowest BCUT2D eigenvalue weighted by atomic mass is 10.1. The number of benzene rings is 2. The number of fused-ring (bicyclic) bond motifs is 1. The molecule has 1 saturated heterocycles. The molecule has 1 aliphatic heterocycles. The Bertz CT molecular complexity index is 1330. The molecule has 1 amide bonds. The van der Waals surface area contributed by atoms with Gasteiger partial charge in [-0.15, -0.1) is 0 Å². The number of nitrogens with zero attached hydrogens (tertiary/aromatic N) is 1. The van der Waals surface area contributed by atoms with E-state index in [1.807, 2.05) is 19.9 Å². The van der Waals surface area contributed by atoms with Gasteiger partial charge in [-0.1, -0.05) is 18.2 Å². The van der Waals surface area contributed by atoms with Gasteiger partial charge in [0.1, 0.15) is 11.4 Å². The minimum absolute atomic E-state index is 0.00909. The SMILES string of the molecule is Cc1ccc2c(=O)cc(C(=O)N(Cc3ccc(F)cc3)[C@@H]3CCS(=O)(=O)C3)oc2c1C. The van der Waals surface area contributed by atoms with Crippen LogP contribution in [0, 0.1) is 19.7 Å². The normalized spacial score (nSPS) is 17.7. The summed E-state index contributed by atoms with van der Waals surface area (Å²) in [5, 5.41) is 0.383. The van der Waals surface area contributed by atoms with Crippen molar-refractivity contribution in [1.29, 1.82) is 0 Å². The number of halogens is 1. The van der Waals surface area contributed by atoms with Gasteiger partial charge in [0.2, 0.25) is 0 Å². The molecule has 0 bridgehead atoms. The smallest absolute Gasteiger partial charge is 0.290 e. The second kappa shape index (κ2) is 7.92. The summed E-state index contributed by atoms with van der Waals surface area (Å²) < 4.78 is 43.3. The molecule has 2 heterocycles. The van der Waals surface area contributed by atoms with Crippen molar-refractivity contribution in [2.45, 2.75) is 32.9 Å². The Kier molecular flexibility index (Phi) is 5.43. The Hall–Kier alpha value is -3.00. The van der Waals surface area contributed by atoms with E-state index in [0.717, 1.165) is 17.2 Å². The van der Waals surface area contributed by atoms with Gasteiger partial charge in [0.05, 0.1) is 16.9 Å². The first-order chi connectivity index (χ1) is 14.6. The summed E-state index contributed by atoms with van der Waals surface area (Å²) in [6.07, 6.45) is 0.297. The van der Waals surface area contributed by atoms with Gasteiger partial charge in [-0.3, -0.25) is 9.59 Å². The highest BCUT2D eigenvalue weighted by Crippen LogP contribution is 2.25. The number of carbonyl (C=O) groups excluding carboxylic acids is 1. The van der Waals surface area contributed by atoms with E-state index in [2.05, 4.69) is 0 Å². The molecule has 0 saturated carbocycles. The van der Waals surface area contributed by atoms with Crippen LogP contribution in [-0.4, -0.2) is 36.8 Å². The number of rotatable bonds is 4. The van der Waals surface area contributed by atoms with Gasteiger partial charge in [-0.25, -0.2) is 12.8 Å². The van der Waals surface area contributed by atoms with Crippen LogP contribution in [0.25, 0.3) is 11.0 Å². The second-order valence-electron chi connectivity index (χ2n) is 7.98. The third-order valence-corrected chi connectivity index (χ3v) is 7.55. The van der Waals surface area contributed by atoms with Crippen molar-refractivity contribution < 1.29 is 22.0 Å². The summed E-state index contributed by atoms with van der Waals surface area (Å²) in [4.78, 5) is 27.5. The highest BCUT2D eigenvalue weighted by Gasteiger charge is 2.36. The number of sulfone groups is 1. The topological polar surface area (TPSA) is 84.7 Å². The Balaban J connectivity index is 1.77. The monoisotopic (exact) mass is 443 g/mol. The van der Waals surface area contributed by atoms with Crippen molar-refractivity contribution in [2.75, 3.05) is 11.5 Å². The van der Waals surface area contributed by atoms with Gasteiger partial charge in [0, 0.05) is 18.7 Å². The van der Waals surface area contributed by atoms with Crippen LogP contribution in [0.4, 0.5) is 4.39 Å². The molecule has 8 heteroatoms. The van der Waals surface area contributed by atoms with E-state index in [4.69, 9.17) is 4.42 Å². The van der Waals surface area contributed by atoms with E-state index in [9.17, 15) is 22.4 Å². The first-order valence-corrected chi connectivity index (χ1v) is 11.8. The maximum absolute atomic E-state index is 13.4. The van der Waals surface area contributed by atoms with Gasteiger partial charge in [-0.05, 0) is 55.2 Å². The molecule has 0 aliphatic carbocycles. The molecule has 6 nitrogen and oxygen atoms in total. The summed E-state index contributed by atoms with van der Waals surface area (Å²) in [7, 11) is -3.26. The molecule has 4 rings (SSSR count). The molecule has 2 aromatic carbocycles. The van der Waals surface area contributed by atoms with Crippen molar-refractivity contribution in [1.82, 2.24) is 4.90 Å². The Morgan fingerprint density at radius 3 is 2.52 bits per heavy atom. The fraction of sp³-hybridized carbons (Fsp3) is 0.304. The largest absolute Gasteiger partial charge is 0.450 e. The number of hydrogen-bond donors (Lipinski definition) is 0. The number of amides is 1. The highest BCUT2D eigenvalue weighted by atomic mass is 32.2. The molecule has 3 aromatic rings. The summed E-state index contributed by atoms with van der Waals surface area (Å²) in [6.45, 7) is 3.77. The van der Waals surface area contributed by atoms with E-state index in [0.29, 0.717) is 23.0 Å². The zero-order valence-electron chi connectivity index (χ0n) is 17.2. The quantitative estimate of drug-likeness (QED) is 0.617. The average Bonchev–Trinajstić information content (AvgIpc) is 3.09. The number of aryl methyl sites for hydroxylation is 2. The Morgan fingerprint density at radius 2 is 1.87 bits per heavy atom. The molecular formula is C23H22FNO5S. The van der Waals surface area contributed by atoms with Gasteiger partial charge >= 0.3 is 0 Å². The van der Waals surface area contributed by atoms with Crippen LogP contribution in [-0.2, 0) is 16.4 Å². The lowest BCUT2D eigenvalue weighted by molar-refractivity contribution is 0.0648. The van der Waals surface area contributed by atoms with Gasteiger partial charge in [0.25, 0.3) is 5.91 Å². The van der Waals surface area contributed by atoms with Crippen LogP contribution in [0.15, 0.2) is 51.7 Å². The molecule has 1 aliphatic rings. The molecule has 0 N–H and O–H groups in total. The highest BCUT2D eigenvalue weighted by molar-refractivity contribution is 7.91. The fourth-order valence-corrected chi connectivity index (χ4v) is 5.60. The molecule has 1 atom stereocenters. The third kappa shape index (κ3) is 4.25. The van der Waals surface area contributed by atoms with E-state index in [1.165, 1.54) is 17.0 Å². The minimum atomic E-state index is -3.26. The standard InChI is InChI=1S/C23H22FNO5S/c1-14-3-8-19-20(26)11-21(30-22(19)15(14)2)23(27)25(18-9-10-31(28,29)13-18)12-16-4-6-17(24)7-5-16/h3-8,11,18H,9-10,12-13H2,1-2H3/t18-/m1/s1. The van der Waals surface area contributed by atoms with E-state index in [-0.39, 0.29) is 29.2 Å². The lowest BCUT2D eigenvalue weighted by Crippen LogP contribution is -2.41. The molecular weight excluding hydrogens is 421 g/mol. The van der Waals surface area contributed by atoms with Crippen LogP contribution < -0.4 is 5.43 Å². The van der Waals surface area contributed by atoms with Crippen LogP contribution in [0.5, 0.6) is 0 Å². The van der Waals surface area contributed by atoms with Crippen molar-refractivity contribution >= 4 is 26.7 Å². The molecule has 31 heavy (non-hydrogen) atoms. The summed E-state index contributed by atoms with van der Waals surface area (Å²) in [5.74, 6) is -1.28. The summed E-state index contributed by atoms with van der Waals surface area (Å²) >= 11 is 0. The molecule has 0 unspecified atom stereocenters. The average molecular weight is 443 g/mol. The molecule has 162 valence electrons. The van der Waals surface area contributed by atoms with E-state index in [1.54, 1.807) is 18.2 Å². The van der Waals surface area contributed by atoms with Gasteiger partial charge in [-0.2, -0.15) is 0 Å². The van der Waals surface area contributed by atoms with Crippen LogP contribution in [0.2, 0.25) is 0 Å². The van der Waals surface area contributed by atoms with Crippen molar-refractivity contribution in [3.63, 3.8) is 0 Å². The maximum atomic E-state index is 13.4. The Morgan fingerprint density at radius 1 is 1.16 bits per heavy atom. The lowest BCUT2D eigenvalue weighted by Gasteiger charge is -2.28. The summed E-state index contributed by atoms with van der Waals surface area (Å²) in [6, 6.07) is 9.74. The zero-order chi connectivity index (χ0) is 22.3. The fourth-order valence-electron chi connectivity index (χ4n) is 3.87. The second-order valence-corrected chi connectivity index (χ2v) is 10.2. The third-order valence-electron chi connectivity index (χ3n) is 5.80. The maximum Gasteiger partial charge on any atom is 0.290 e. The molecule has 0 spiro atoms. The first-order valence-electron chi connectivity index (χ1n) is 9.94. The number of carbonyl (C=O) groups is 1. The van der Waals surface area contributed by atoms with Crippen molar-refractivity contribution in [2.24, 2.45) is 0 Å². The predicted molar refractivity (Wildman–Crippen MR) is 115 cm³/mol. The van der Waals surface area contributed by atoms with Crippen molar-refractivity contribution in [3.05, 3.63) is 81.0 Å². The predicted octanol–water partition coefficient (Wildman–Crippen LogP) is 3.38.